The number of carbonyl (C=O) groups excluding carboxylic acids is 4. The minimum atomic E-state index is -4.97. The van der Waals surface area contributed by atoms with Crippen LogP contribution in [0.15, 0.2) is 0 Å². The Kier molecular flexibility index (Phi) is 85.5. The molecule has 0 aliphatic carbocycles. The van der Waals surface area contributed by atoms with Crippen molar-refractivity contribution in [2.75, 3.05) is 39.6 Å². The Morgan fingerprint density at radius 2 is 0.443 bits per heavy atom. The molecule has 0 spiro atoms. The molecule has 6 atom stereocenters. The molecule has 0 bridgehead atoms. The van der Waals surface area contributed by atoms with Gasteiger partial charge >= 0.3 is 39.5 Å². The van der Waals surface area contributed by atoms with Gasteiger partial charge in [-0.25, -0.2) is 9.13 Å². The van der Waals surface area contributed by atoms with Crippen molar-refractivity contribution in [1.82, 2.24) is 0 Å². The number of phosphoric ester groups is 2. The van der Waals surface area contributed by atoms with Crippen molar-refractivity contribution in [3.63, 3.8) is 0 Å². The summed E-state index contributed by atoms with van der Waals surface area (Å²) in [5.41, 5.74) is 0. The van der Waals surface area contributed by atoms with Gasteiger partial charge in [-0.15, -0.1) is 0 Å². The van der Waals surface area contributed by atoms with Gasteiger partial charge in [0, 0.05) is 25.7 Å². The number of rotatable bonds is 95. The number of ether oxygens (including phenoxy) is 4. The van der Waals surface area contributed by atoms with Crippen molar-refractivity contribution in [2.24, 2.45) is 11.8 Å². The number of unbranched alkanes of at least 4 members (excludes halogenated alkanes) is 64. The Morgan fingerprint density at radius 3 is 0.661 bits per heavy atom. The standard InChI is InChI=1S/C96H188O17P2/c1-7-10-12-14-16-18-20-22-23-24-25-26-34-39-44-50-56-62-68-74-80-95(100)112-91(84-106-93(98)78-72-66-60-54-48-21-19-17-15-13-11-8-2)86-110-114(102,103)108-82-90(97)83-109-115(104,105)111-87-92(85-107-94(99)79-73-67-61-55-49-43-38-33-29-27-31-36-41-46-52-58-64-70-76-88(4)5)113-96(101)81-75-69-63-57-51-45-40-35-30-28-32-37-42-47-53-59-65-71-77-89(6)9-3/h88-92,97H,7-87H2,1-6H3,(H,102,103)(H,104,105)/t89?,90-,91+,92+/m0/s1. The molecule has 0 aromatic carbocycles. The van der Waals surface area contributed by atoms with Crippen LogP contribution in [0.25, 0.3) is 0 Å². The van der Waals surface area contributed by atoms with Crippen molar-refractivity contribution in [3.05, 3.63) is 0 Å². The summed E-state index contributed by atoms with van der Waals surface area (Å²) in [6, 6.07) is 0. The Labute approximate surface area is 708 Å². The molecule has 0 saturated carbocycles. The highest BCUT2D eigenvalue weighted by Gasteiger charge is 2.31. The molecule has 0 fully saturated rings. The van der Waals surface area contributed by atoms with Crippen LogP contribution in [0.2, 0.25) is 0 Å². The van der Waals surface area contributed by atoms with Crippen LogP contribution in [-0.4, -0.2) is 96.7 Å². The highest BCUT2D eigenvalue weighted by atomic mass is 31.2. The number of carbonyl (C=O) groups is 4. The third-order valence-corrected chi connectivity index (χ3v) is 25.0. The van der Waals surface area contributed by atoms with E-state index in [0.717, 1.165) is 102 Å². The van der Waals surface area contributed by atoms with Gasteiger partial charge in [-0.1, -0.05) is 472 Å². The predicted molar refractivity (Wildman–Crippen MR) is 478 cm³/mol. The Bertz CT molecular complexity index is 2190. The Hall–Kier alpha value is -1.94. The van der Waals surface area contributed by atoms with E-state index >= 15 is 0 Å². The monoisotopic (exact) mass is 1680 g/mol. The van der Waals surface area contributed by atoms with Crippen molar-refractivity contribution in [2.45, 2.75) is 541 Å². The molecule has 0 aliphatic heterocycles. The van der Waals surface area contributed by atoms with Gasteiger partial charge in [-0.2, -0.15) is 0 Å². The minimum Gasteiger partial charge on any atom is -0.462 e. The molecule has 19 heteroatoms. The Morgan fingerprint density at radius 1 is 0.252 bits per heavy atom. The predicted octanol–water partition coefficient (Wildman–Crippen LogP) is 30.1. The van der Waals surface area contributed by atoms with Crippen LogP contribution in [0.3, 0.4) is 0 Å². The fraction of sp³-hybridized carbons (Fsp3) is 0.958. The lowest BCUT2D eigenvalue weighted by atomic mass is 9.99. The summed E-state index contributed by atoms with van der Waals surface area (Å²) in [7, 11) is -9.94. The Balaban J connectivity index is 5.24. The maximum Gasteiger partial charge on any atom is 0.472 e. The van der Waals surface area contributed by atoms with E-state index in [1.54, 1.807) is 0 Å². The van der Waals surface area contributed by atoms with Crippen LogP contribution in [-0.2, 0) is 65.4 Å². The topological polar surface area (TPSA) is 237 Å². The zero-order valence-electron chi connectivity index (χ0n) is 76.1. The maximum absolute atomic E-state index is 13.2. The fourth-order valence-electron chi connectivity index (χ4n) is 15.2. The van der Waals surface area contributed by atoms with E-state index in [1.165, 1.54) is 340 Å². The number of esters is 4. The van der Waals surface area contributed by atoms with Crippen LogP contribution in [0.1, 0.15) is 523 Å². The molecular weight excluding hydrogens is 1490 g/mol. The molecule has 684 valence electrons. The normalized spacial score (nSPS) is 13.9. The summed E-state index contributed by atoms with van der Waals surface area (Å²) in [4.78, 5) is 73.6. The van der Waals surface area contributed by atoms with E-state index < -0.39 is 97.5 Å². The third kappa shape index (κ3) is 88.2. The summed E-state index contributed by atoms with van der Waals surface area (Å²) in [6.45, 7) is 9.84. The van der Waals surface area contributed by atoms with Gasteiger partial charge in [-0.3, -0.25) is 37.3 Å². The number of aliphatic hydroxyl groups is 1. The molecule has 0 amide bonds. The zero-order valence-corrected chi connectivity index (χ0v) is 77.9. The minimum absolute atomic E-state index is 0.109. The molecule has 115 heavy (non-hydrogen) atoms. The van der Waals surface area contributed by atoms with Gasteiger partial charge < -0.3 is 33.8 Å². The van der Waals surface area contributed by atoms with Crippen molar-refractivity contribution in [1.29, 1.82) is 0 Å². The average Bonchev–Trinajstić information content (AvgIpc) is 0.899. The lowest BCUT2D eigenvalue weighted by Crippen LogP contribution is -2.30. The molecule has 0 radical (unpaired) electrons. The zero-order chi connectivity index (χ0) is 84.1. The fourth-order valence-corrected chi connectivity index (χ4v) is 16.7. The van der Waals surface area contributed by atoms with Gasteiger partial charge in [0.05, 0.1) is 26.4 Å². The molecule has 0 rings (SSSR count). The first-order valence-corrected chi connectivity index (χ1v) is 52.5. The van der Waals surface area contributed by atoms with Crippen LogP contribution in [0.5, 0.6) is 0 Å². The van der Waals surface area contributed by atoms with Gasteiger partial charge in [0.15, 0.2) is 12.2 Å². The van der Waals surface area contributed by atoms with E-state index in [-0.39, 0.29) is 25.7 Å². The van der Waals surface area contributed by atoms with Crippen molar-refractivity contribution >= 4 is 39.5 Å². The molecule has 0 aliphatic rings. The quantitative estimate of drug-likeness (QED) is 0.0222. The first-order valence-electron chi connectivity index (χ1n) is 49.5. The highest BCUT2D eigenvalue weighted by molar-refractivity contribution is 7.47. The van der Waals surface area contributed by atoms with Gasteiger partial charge in [0.25, 0.3) is 0 Å². The molecule has 0 aromatic heterocycles. The van der Waals surface area contributed by atoms with Crippen LogP contribution >= 0.6 is 15.6 Å². The number of hydrogen-bond acceptors (Lipinski definition) is 15. The lowest BCUT2D eigenvalue weighted by Gasteiger charge is -2.21. The number of phosphoric acid groups is 2. The summed E-state index contributed by atoms with van der Waals surface area (Å²) in [5, 5.41) is 10.7. The summed E-state index contributed by atoms with van der Waals surface area (Å²) < 4.78 is 69.2. The second-order valence-corrected chi connectivity index (χ2v) is 38.1. The third-order valence-electron chi connectivity index (χ3n) is 23.1. The maximum atomic E-state index is 13.2. The molecular formula is C96H188O17P2. The second kappa shape index (κ2) is 87.0. The van der Waals surface area contributed by atoms with Gasteiger partial charge in [-0.05, 0) is 37.5 Å². The van der Waals surface area contributed by atoms with Crippen LogP contribution in [0.4, 0.5) is 0 Å². The molecule has 0 heterocycles. The summed E-state index contributed by atoms with van der Waals surface area (Å²) >= 11 is 0. The molecule has 0 aromatic rings. The lowest BCUT2D eigenvalue weighted by molar-refractivity contribution is -0.161. The van der Waals surface area contributed by atoms with Crippen LogP contribution < -0.4 is 0 Å². The van der Waals surface area contributed by atoms with Gasteiger partial charge in [0.1, 0.15) is 19.3 Å². The second-order valence-electron chi connectivity index (χ2n) is 35.2. The average molecular weight is 1680 g/mol. The van der Waals surface area contributed by atoms with Crippen LogP contribution in [0, 0.1) is 11.8 Å². The molecule has 17 nitrogen and oxygen atoms in total. The SMILES string of the molecule is CCCCCCCCCCCCCCCCCCCCCCC(=O)O[C@H](COC(=O)CCCCCCCCCCCCCC)COP(=O)(O)OC[C@H](O)COP(=O)(O)OC[C@@H](COC(=O)CCCCCCCCCCCCCCCCCCCCC(C)C)OC(=O)CCCCCCCCCCCCCCCCCCCCC(C)CC. The molecule has 3 unspecified atom stereocenters. The largest absolute Gasteiger partial charge is 0.472 e. The van der Waals surface area contributed by atoms with E-state index in [4.69, 9.17) is 37.0 Å². The van der Waals surface area contributed by atoms with E-state index in [2.05, 4.69) is 41.5 Å². The number of aliphatic hydroxyl groups excluding tert-OH is 1. The van der Waals surface area contributed by atoms with E-state index in [9.17, 15) is 43.2 Å². The smallest absolute Gasteiger partial charge is 0.462 e. The van der Waals surface area contributed by atoms with Gasteiger partial charge in [0.2, 0.25) is 0 Å². The van der Waals surface area contributed by atoms with E-state index in [1.807, 2.05) is 0 Å². The number of hydrogen-bond donors (Lipinski definition) is 3. The molecule has 0 saturated heterocycles. The van der Waals surface area contributed by atoms with Crippen molar-refractivity contribution < 1.29 is 80.2 Å². The summed E-state index contributed by atoms with van der Waals surface area (Å²) in [5.74, 6) is -0.394. The molecule has 3 N–H and O–H groups in total. The first-order chi connectivity index (χ1) is 55.9. The first kappa shape index (κ1) is 113. The summed E-state index contributed by atoms with van der Waals surface area (Å²) in [6.07, 6.45) is 83.4. The highest BCUT2D eigenvalue weighted by Crippen LogP contribution is 2.45. The van der Waals surface area contributed by atoms with Crippen molar-refractivity contribution in [3.8, 4) is 0 Å². The van der Waals surface area contributed by atoms with E-state index in [0.29, 0.717) is 25.7 Å².